The van der Waals surface area contributed by atoms with Crippen LogP contribution in [0.5, 0.6) is 0 Å². The van der Waals surface area contributed by atoms with Gasteiger partial charge in [0.2, 0.25) is 0 Å². The van der Waals surface area contributed by atoms with Gasteiger partial charge in [0.25, 0.3) is 0 Å². The summed E-state index contributed by atoms with van der Waals surface area (Å²) in [6.45, 7) is 6.85. The van der Waals surface area contributed by atoms with Crippen molar-refractivity contribution >= 4 is 0 Å². The molecule has 76 valence electrons. The van der Waals surface area contributed by atoms with Crippen LogP contribution in [0.1, 0.15) is 25.3 Å². The van der Waals surface area contributed by atoms with Gasteiger partial charge in [-0.1, -0.05) is 50.3 Å². The highest BCUT2D eigenvalue weighted by Gasteiger charge is 1.96. The number of unbranched alkanes of at least 4 members (excludes halogenated alkanes) is 1. The van der Waals surface area contributed by atoms with E-state index in [0.717, 1.165) is 25.2 Å². The summed E-state index contributed by atoms with van der Waals surface area (Å²) in [5, 5.41) is 0. The summed E-state index contributed by atoms with van der Waals surface area (Å²) in [5.74, 6) is 0.865. The van der Waals surface area contributed by atoms with Crippen molar-refractivity contribution in [3.05, 3.63) is 48.2 Å². The maximum Gasteiger partial charge on any atom is 0.0931 e. The molecule has 0 atom stereocenters. The Bertz CT molecular complexity index is 264. The minimum absolute atomic E-state index is 0.794. The first-order valence-electron chi connectivity index (χ1n) is 5.17. The van der Waals surface area contributed by atoms with Crippen molar-refractivity contribution in [2.75, 3.05) is 6.61 Å². The average molecular weight is 190 g/mol. The molecule has 0 N–H and O–H groups in total. The molecule has 0 saturated carbocycles. The van der Waals surface area contributed by atoms with Gasteiger partial charge < -0.3 is 4.74 Å². The maximum atomic E-state index is 5.49. The lowest BCUT2D eigenvalue weighted by Crippen LogP contribution is -1.96. The molecule has 0 fully saturated rings. The SMILES string of the molecule is C=C(Cc1ccccc1)OCCCC. The first-order valence-corrected chi connectivity index (χ1v) is 5.17. The fourth-order valence-corrected chi connectivity index (χ4v) is 1.24. The number of hydrogen-bond acceptors (Lipinski definition) is 1. The van der Waals surface area contributed by atoms with E-state index < -0.39 is 0 Å². The summed E-state index contributed by atoms with van der Waals surface area (Å²) in [5.41, 5.74) is 1.26. The Morgan fingerprint density at radius 2 is 2.00 bits per heavy atom. The van der Waals surface area contributed by atoms with E-state index in [9.17, 15) is 0 Å². The molecule has 0 radical (unpaired) electrons. The highest BCUT2D eigenvalue weighted by Crippen LogP contribution is 2.07. The Balaban J connectivity index is 2.27. The fraction of sp³-hybridized carbons (Fsp3) is 0.385. The van der Waals surface area contributed by atoms with Crippen LogP contribution in [-0.4, -0.2) is 6.61 Å². The second-order valence-corrected chi connectivity index (χ2v) is 3.40. The molecule has 1 heteroatoms. The molecule has 1 rings (SSSR count). The molecule has 0 aliphatic carbocycles. The normalized spacial score (nSPS) is 9.79. The Labute approximate surface area is 86.4 Å². The molecule has 0 saturated heterocycles. The zero-order chi connectivity index (χ0) is 10.2. The Kier molecular flexibility index (Phi) is 4.84. The van der Waals surface area contributed by atoms with Gasteiger partial charge in [0.05, 0.1) is 12.4 Å². The number of allylic oxidation sites excluding steroid dienone is 1. The van der Waals surface area contributed by atoms with Crippen LogP contribution in [0.3, 0.4) is 0 Å². The number of ether oxygens (including phenoxy) is 1. The molecular formula is C13H18O. The van der Waals surface area contributed by atoms with Gasteiger partial charge >= 0.3 is 0 Å². The Hall–Kier alpha value is -1.24. The van der Waals surface area contributed by atoms with Crippen LogP contribution in [0.25, 0.3) is 0 Å². The highest BCUT2D eigenvalue weighted by molar-refractivity contribution is 5.18. The van der Waals surface area contributed by atoms with E-state index >= 15 is 0 Å². The molecule has 0 aromatic heterocycles. The van der Waals surface area contributed by atoms with Gasteiger partial charge in [-0.3, -0.25) is 0 Å². The molecule has 1 aromatic rings. The predicted molar refractivity (Wildman–Crippen MR) is 60.1 cm³/mol. The second-order valence-electron chi connectivity index (χ2n) is 3.40. The van der Waals surface area contributed by atoms with E-state index in [1.165, 1.54) is 12.0 Å². The largest absolute Gasteiger partial charge is 0.498 e. The molecule has 0 aliphatic rings. The monoisotopic (exact) mass is 190 g/mol. The first kappa shape index (κ1) is 10.8. The minimum Gasteiger partial charge on any atom is -0.498 e. The average Bonchev–Trinajstić information content (AvgIpc) is 2.20. The Morgan fingerprint density at radius 3 is 2.64 bits per heavy atom. The van der Waals surface area contributed by atoms with Crippen molar-refractivity contribution in [1.29, 1.82) is 0 Å². The van der Waals surface area contributed by atoms with Gasteiger partial charge in [0.15, 0.2) is 0 Å². The predicted octanol–water partition coefficient (Wildman–Crippen LogP) is 3.56. The van der Waals surface area contributed by atoms with Crippen LogP contribution in [0.15, 0.2) is 42.7 Å². The summed E-state index contributed by atoms with van der Waals surface area (Å²) >= 11 is 0. The number of hydrogen-bond donors (Lipinski definition) is 0. The van der Waals surface area contributed by atoms with E-state index in [0.29, 0.717) is 0 Å². The minimum atomic E-state index is 0.794. The number of rotatable bonds is 6. The van der Waals surface area contributed by atoms with Crippen LogP contribution in [0, 0.1) is 0 Å². The zero-order valence-corrected chi connectivity index (χ0v) is 8.83. The van der Waals surface area contributed by atoms with Crippen LogP contribution in [-0.2, 0) is 11.2 Å². The third-order valence-corrected chi connectivity index (χ3v) is 2.05. The first-order chi connectivity index (χ1) is 6.83. The van der Waals surface area contributed by atoms with Gasteiger partial charge in [0, 0.05) is 6.42 Å². The van der Waals surface area contributed by atoms with Crippen LogP contribution >= 0.6 is 0 Å². The van der Waals surface area contributed by atoms with Crippen molar-refractivity contribution < 1.29 is 4.74 Å². The molecule has 0 aliphatic heterocycles. The Morgan fingerprint density at radius 1 is 1.29 bits per heavy atom. The summed E-state index contributed by atoms with van der Waals surface area (Å²) in [6, 6.07) is 10.3. The lowest BCUT2D eigenvalue weighted by atomic mass is 10.1. The third-order valence-electron chi connectivity index (χ3n) is 2.05. The summed E-state index contributed by atoms with van der Waals surface area (Å²) in [7, 11) is 0. The highest BCUT2D eigenvalue weighted by atomic mass is 16.5. The quantitative estimate of drug-likeness (QED) is 0.492. The molecule has 0 unspecified atom stereocenters. The summed E-state index contributed by atoms with van der Waals surface area (Å²) in [6.07, 6.45) is 3.09. The van der Waals surface area contributed by atoms with Gasteiger partial charge in [-0.05, 0) is 12.0 Å². The summed E-state index contributed by atoms with van der Waals surface area (Å²) in [4.78, 5) is 0. The van der Waals surface area contributed by atoms with Gasteiger partial charge in [-0.15, -0.1) is 0 Å². The molecule has 1 nitrogen and oxygen atoms in total. The third kappa shape index (κ3) is 4.13. The molecule has 1 aromatic carbocycles. The van der Waals surface area contributed by atoms with E-state index in [-0.39, 0.29) is 0 Å². The van der Waals surface area contributed by atoms with E-state index in [4.69, 9.17) is 4.74 Å². The molecular weight excluding hydrogens is 172 g/mol. The zero-order valence-electron chi connectivity index (χ0n) is 8.83. The maximum absolute atomic E-state index is 5.49. The summed E-state index contributed by atoms with van der Waals surface area (Å²) < 4.78 is 5.49. The van der Waals surface area contributed by atoms with Crippen LogP contribution < -0.4 is 0 Å². The van der Waals surface area contributed by atoms with Crippen molar-refractivity contribution in [3.8, 4) is 0 Å². The van der Waals surface area contributed by atoms with Gasteiger partial charge in [-0.2, -0.15) is 0 Å². The van der Waals surface area contributed by atoms with Crippen molar-refractivity contribution in [2.45, 2.75) is 26.2 Å². The van der Waals surface area contributed by atoms with Crippen molar-refractivity contribution in [1.82, 2.24) is 0 Å². The lowest BCUT2D eigenvalue weighted by molar-refractivity contribution is 0.203. The molecule has 0 amide bonds. The van der Waals surface area contributed by atoms with E-state index in [1.807, 2.05) is 18.2 Å². The topological polar surface area (TPSA) is 9.23 Å². The van der Waals surface area contributed by atoms with Crippen LogP contribution in [0.2, 0.25) is 0 Å². The smallest absolute Gasteiger partial charge is 0.0931 e. The molecule has 0 heterocycles. The van der Waals surface area contributed by atoms with Crippen LogP contribution in [0.4, 0.5) is 0 Å². The fourth-order valence-electron chi connectivity index (χ4n) is 1.24. The van der Waals surface area contributed by atoms with E-state index in [1.54, 1.807) is 0 Å². The molecule has 0 bridgehead atoms. The molecule has 0 spiro atoms. The van der Waals surface area contributed by atoms with Gasteiger partial charge in [0.1, 0.15) is 0 Å². The second kappa shape index (κ2) is 6.25. The van der Waals surface area contributed by atoms with Crippen molar-refractivity contribution in [2.24, 2.45) is 0 Å². The van der Waals surface area contributed by atoms with Gasteiger partial charge in [-0.25, -0.2) is 0 Å². The van der Waals surface area contributed by atoms with Crippen molar-refractivity contribution in [3.63, 3.8) is 0 Å². The van der Waals surface area contributed by atoms with E-state index in [2.05, 4.69) is 25.6 Å². The molecule has 14 heavy (non-hydrogen) atoms. The number of benzene rings is 1. The standard InChI is InChI=1S/C13H18O/c1-3-4-10-14-12(2)11-13-8-6-5-7-9-13/h5-9H,2-4,10-11H2,1H3. The lowest BCUT2D eigenvalue weighted by Gasteiger charge is -2.08.